The molecule has 0 atom stereocenters. The molecule has 0 saturated heterocycles. The Bertz CT molecular complexity index is 583. The molecule has 0 heterocycles. The molecule has 0 aromatic heterocycles. The average Bonchev–Trinajstić information content (AvgIpc) is 2.37. The number of halogens is 1. The van der Waals surface area contributed by atoms with E-state index < -0.39 is 10.0 Å². The fraction of sp³-hybridized carbons (Fsp3) is 0.571. The Hall–Kier alpha value is -0.620. The molecule has 1 aromatic rings. The summed E-state index contributed by atoms with van der Waals surface area (Å²) in [5, 5.41) is 3.46. The molecule has 0 aliphatic heterocycles. The Morgan fingerprint density at radius 3 is 2.55 bits per heavy atom. The first kappa shape index (κ1) is 15.8. The SMILES string of the molecule is CNCc1ccc(S(=O)(=O)NCC2(C)CCC2)cc1Cl. The number of benzene rings is 1. The molecule has 20 heavy (non-hydrogen) atoms. The lowest BCUT2D eigenvalue weighted by Gasteiger charge is -2.38. The predicted molar refractivity (Wildman–Crippen MR) is 81.4 cm³/mol. The topological polar surface area (TPSA) is 58.2 Å². The molecule has 2 N–H and O–H groups in total. The monoisotopic (exact) mass is 316 g/mol. The largest absolute Gasteiger partial charge is 0.316 e. The molecule has 1 fully saturated rings. The van der Waals surface area contributed by atoms with Gasteiger partial charge in [0.2, 0.25) is 10.0 Å². The standard InChI is InChI=1S/C14H21ClN2O2S/c1-14(6-3-7-14)10-17-20(18,19)12-5-4-11(9-16-2)13(15)8-12/h4-5,8,16-17H,3,6-7,9-10H2,1-2H3. The van der Waals surface area contributed by atoms with E-state index in [4.69, 9.17) is 11.6 Å². The van der Waals surface area contributed by atoms with Gasteiger partial charge in [-0.3, -0.25) is 0 Å². The van der Waals surface area contributed by atoms with Gasteiger partial charge in [-0.15, -0.1) is 0 Å². The van der Waals surface area contributed by atoms with E-state index in [1.807, 2.05) is 7.05 Å². The third-order valence-corrected chi connectivity index (χ3v) is 5.70. The number of sulfonamides is 1. The quantitative estimate of drug-likeness (QED) is 0.848. The van der Waals surface area contributed by atoms with Gasteiger partial charge >= 0.3 is 0 Å². The molecule has 112 valence electrons. The van der Waals surface area contributed by atoms with Crippen LogP contribution in [0.25, 0.3) is 0 Å². The van der Waals surface area contributed by atoms with Crippen LogP contribution in [-0.4, -0.2) is 22.0 Å². The van der Waals surface area contributed by atoms with Crippen LogP contribution in [0.15, 0.2) is 23.1 Å². The fourth-order valence-electron chi connectivity index (χ4n) is 2.34. The Labute approximate surface area is 126 Å². The van der Waals surface area contributed by atoms with Gasteiger partial charge in [0.1, 0.15) is 0 Å². The number of hydrogen-bond acceptors (Lipinski definition) is 3. The molecular formula is C14H21ClN2O2S. The van der Waals surface area contributed by atoms with Crippen LogP contribution >= 0.6 is 11.6 Å². The van der Waals surface area contributed by atoms with Gasteiger partial charge in [-0.25, -0.2) is 13.1 Å². The molecule has 0 unspecified atom stereocenters. The summed E-state index contributed by atoms with van der Waals surface area (Å²) >= 11 is 6.11. The summed E-state index contributed by atoms with van der Waals surface area (Å²) in [7, 11) is -1.66. The smallest absolute Gasteiger partial charge is 0.240 e. The minimum absolute atomic E-state index is 0.114. The maximum atomic E-state index is 12.3. The summed E-state index contributed by atoms with van der Waals surface area (Å²) < 4.78 is 27.2. The van der Waals surface area contributed by atoms with Crippen LogP contribution in [0.5, 0.6) is 0 Å². The Morgan fingerprint density at radius 1 is 1.35 bits per heavy atom. The molecule has 0 radical (unpaired) electrons. The molecule has 4 nitrogen and oxygen atoms in total. The molecule has 2 rings (SSSR count). The molecule has 0 bridgehead atoms. The zero-order valence-electron chi connectivity index (χ0n) is 11.9. The van der Waals surface area contributed by atoms with E-state index in [0.29, 0.717) is 18.1 Å². The lowest BCUT2D eigenvalue weighted by molar-refractivity contribution is 0.166. The Kier molecular flexibility index (Phi) is 4.74. The molecular weight excluding hydrogens is 296 g/mol. The summed E-state index contributed by atoms with van der Waals surface area (Å²) in [6.07, 6.45) is 3.34. The van der Waals surface area contributed by atoms with Gasteiger partial charge in [-0.1, -0.05) is 31.0 Å². The first-order valence-corrected chi connectivity index (χ1v) is 8.65. The van der Waals surface area contributed by atoms with Gasteiger partial charge in [0.25, 0.3) is 0 Å². The van der Waals surface area contributed by atoms with Crippen molar-refractivity contribution in [3.05, 3.63) is 28.8 Å². The highest BCUT2D eigenvalue weighted by Gasteiger charge is 2.33. The second-order valence-corrected chi connectivity index (χ2v) is 7.95. The van der Waals surface area contributed by atoms with Gasteiger partial charge in [0.05, 0.1) is 4.90 Å². The van der Waals surface area contributed by atoms with Crippen molar-refractivity contribution in [3.8, 4) is 0 Å². The summed E-state index contributed by atoms with van der Waals surface area (Å²) in [6.45, 7) is 3.22. The van der Waals surface area contributed by atoms with Crippen molar-refractivity contribution < 1.29 is 8.42 Å². The van der Waals surface area contributed by atoms with E-state index in [1.54, 1.807) is 12.1 Å². The maximum absolute atomic E-state index is 12.3. The van der Waals surface area contributed by atoms with Crippen molar-refractivity contribution in [2.75, 3.05) is 13.6 Å². The molecule has 1 aromatic carbocycles. The molecule has 0 spiro atoms. The Balaban J connectivity index is 2.10. The summed E-state index contributed by atoms with van der Waals surface area (Å²) in [5.74, 6) is 0. The van der Waals surface area contributed by atoms with Crippen molar-refractivity contribution in [3.63, 3.8) is 0 Å². The van der Waals surface area contributed by atoms with Gasteiger partial charge in [-0.05, 0) is 43.0 Å². The van der Waals surface area contributed by atoms with Crippen molar-refractivity contribution in [1.82, 2.24) is 10.0 Å². The molecule has 0 amide bonds. The maximum Gasteiger partial charge on any atom is 0.240 e. The first-order valence-electron chi connectivity index (χ1n) is 6.79. The van der Waals surface area contributed by atoms with Crippen LogP contribution < -0.4 is 10.0 Å². The second kappa shape index (κ2) is 6.02. The third-order valence-electron chi connectivity index (χ3n) is 3.95. The third kappa shape index (κ3) is 3.52. The Morgan fingerprint density at radius 2 is 2.05 bits per heavy atom. The fourth-order valence-corrected chi connectivity index (χ4v) is 3.88. The highest BCUT2D eigenvalue weighted by molar-refractivity contribution is 7.89. The minimum atomic E-state index is -3.48. The first-order chi connectivity index (χ1) is 9.36. The zero-order chi connectivity index (χ0) is 14.8. The number of rotatable bonds is 6. The van der Waals surface area contributed by atoms with Gasteiger partial charge in [0.15, 0.2) is 0 Å². The summed E-state index contributed by atoms with van der Waals surface area (Å²) in [5.41, 5.74) is 1.00. The van der Waals surface area contributed by atoms with Crippen LogP contribution in [0, 0.1) is 5.41 Å². The minimum Gasteiger partial charge on any atom is -0.316 e. The number of nitrogens with one attached hydrogen (secondary N) is 2. The van der Waals surface area contributed by atoms with Crippen LogP contribution in [0.1, 0.15) is 31.7 Å². The van der Waals surface area contributed by atoms with Crippen LogP contribution in [0.4, 0.5) is 0 Å². The van der Waals surface area contributed by atoms with E-state index >= 15 is 0 Å². The van der Waals surface area contributed by atoms with Crippen molar-refractivity contribution in [1.29, 1.82) is 0 Å². The van der Waals surface area contributed by atoms with E-state index in [1.165, 1.54) is 12.5 Å². The van der Waals surface area contributed by atoms with E-state index in [9.17, 15) is 8.42 Å². The van der Waals surface area contributed by atoms with Crippen LogP contribution in [0.2, 0.25) is 5.02 Å². The van der Waals surface area contributed by atoms with Crippen LogP contribution in [0.3, 0.4) is 0 Å². The summed E-state index contributed by atoms with van der Waals surface area (Å²) in [4.78, 5) is 0.227. The van der Waals surface area contributed by atoms with Crippen molar-refractivity contribution in [2.24, 2.45) is 5.41 Å². The van der Waals surface area contributed by atoms with Gasteiger partial charge < -0.3 is 5.32 Å². The van der Waals surface area contributed by atoms with Gasteiger partial charge in [-0.2, -0.15) is 0 Å². The molecule has 6 heteroatoms. The summed E-state index contributed by atoms with van der Waals surface area (Å²) in [6, 6.07) is 4.86. The number of hydrogen-bond donors (Lipinski definition) is 2. The lowest BCUT2D eigenvalue weighted by Crippen LogP contribution is -2.39. The molecule has 1 saturated carbocycles. The lowest BCUT2D eigenvalue weighted by atomic mass is 9.71. The van der Waals surface area contributed by atoms with Crippen LogP contribution in [-0.2, 0) is 16.6 Å². The highest BCUT2D eigenvalue weighted by atomic mass is 35.5. The normalized spacial score (nSPS) is 17.8. The predicted octanol–water partition coefficient (Wildman–Crippen LogP) is 2.53. The molecule has 1 aliphatic carbocycles. The van der Waals surface area contributed by atoms with Gasteiger partial charge in [0, 0.05) is 18.1 Å². The highest BCUT2D eigenvalue weighted by Crippen LogP contribution is 2.39. The second-order valence-electron chi connectivity index (χ2n) is 5.77. The van der Waals surface area contributed by atoms with E-state index in [0.717, 1.165) is 18.4 Å². The van der Waals surface area contributed by atoms with E-state index in [2.05, 4.69) is 17.0 Å². The average molecular weight is 317 g/mol. The van der Waals surface area contributed by atoms with E-state index in [-0.39, 0.29) is 10.3 Å². The molecule has 1 aliphatic rings. The van der Waals surface area contributed by atoms with Crippen molar-refractivity contribution in [2.45, 2.75) is 37.6 Å². The zero-order valence-corrected chi connectivity index (χ0v) is 13.4. The van der Waals surface area contributed by atoms with Crippen molar-refractivity contribution >= 4 is 21.6 Å².